The molecule has 0 aliphatic carbocycles. The first-order valence-electron chi connectivity index (χ1n) is 6.58. The van der Waals surface area contributed by atoms with Crippen LogP contribution in [0.5, 0.6) is 5.75 Å². The average molecular weight is 287 g/mol. The van der Waals surface area contributed by atoms with Gasteiger partial charge in [-0.25, -0.2) is 0 Å². The topological polar surface area (TPSA) is 38.5 Å². The van der Waals surface area contributed by atoms with Crippen molar-refractivity contribution in [1.29, 1.82) is 0 Å². The van der Waals surface area contributed by atoms with Crippen molar-refractivity contribution in [2.24, 2.45) is 11.1 Å². The molecule has 0 saturated heterocycles. The van der Waals surface area contributed by atoms with E-state index < -0.39 is 0 Å². The van der Waals surface area contributed by atoms with Crippen LogP contribution in [0, 0.1) is 5.41 Å². The van der Waals surface area contributed by atoms with Crippen LogP contribution < -0.4 is 10.5 Å². The molecule has 110 valence electrons. The maximum Gasteiger partial charge on any atom is 0.123 e. The Morgan fingerprint density at radius 2 is 1.89 bits per heavy atom. The maximum absolute atomic E-state index is 5.77. The van der Waals surface area contributed by atoms with Crippen LogP contribution in [0.2, 0.25) is 0 Å². The standard InChI is InChI=1S/C15H26N2O.ClH/c1-5-18-14-9-7-6-8-13(14)10-17(4)12-15(2,3)11-16;/h6-9H,5,10-12,16H2,1-4H3;1H. The van der Waals surface area contributed by atoms with E-state index in [1.807, 2.05) is 19.1 Å². The minimum absolute atomic E-state index is 0. The summed E-state index contributed by atoms with van der Waals surface area (Å²) in [5.41, 5.74) is 7.15. The molecule has 4 heteroatoms. The molecule has 0 aliphatic heterocycles. The van der Waals surface area contributed by atoms with Gasteiger partial charge in [-0.1, -0.05) is 32.0 Å². The van der Waals surface area contributed by atoms with Crippen LogP contribution in [0.1, 0.15) is 26.3 Å². The van der Waals surface area contributed by atoms with E-state index in [9.17, 15) is 0 Å². The molecule has 0 radical (unpaired) electrons. The molecule has 0 spiro atoms. The minimum atomic E-state index is 0. The fraction of sp³-hybridized carbons (Fsp3) is 0.600. The first kappa shape index (κ1) is 18.2. The summed E-state index contributed by atoms with van der Waals surface area (Å²) in [6.07, 6.45) is 0. The van der Waals surface area contributed by atoms with Crippen molar-refractivity contribution in [1.82, 2.24) is 4.90 Å². The Labute approximate surface area is 123 Å². The summed E-state index contributed by atoms with van der Waals surface area (Å²) in [4.78, 5) is 2.30. The highest BCUT2D eigenvalue weighted by Gasteiger charge is 2.18. The van der Waals surface area contributed by atoms with Gasteiger partial charge in [-0.3, -0.25) is 0 Å². The summed E-state index contributed by atoms with van der Waals surface area (Å²) in [6.45, 7) is 9.66. The van der Waals surface area contributed by atoms with Crippen molar-refractivity contribution in [3.8, 4) is 5.75 Å². The van der Waals surface area contributed by atoms with E-state index in [1.54, 1.807) is 0 Å². The second-order valence-electron chi connectivity index (χ2n) is 5.58. The number of rotatable bonds is 7. The summed E-state index contributed by atoms with van der Waals surface area (Å²) in [7, 11) is 2.13. The normalized spacial score (nSPS) is 11.3. The van der Waals surface area contributed by atoms with E-state index in [0.717, 1.165) is 18.8 Å². The number of hydrogen-bond acceptors (Lipinski definition) is 3. The second-order valence-corrected chi connectivity index (χ2v) is 5.58. The molecule has 3 nitrogen and oxygen atoms in total. The molecule has 1 rings (SSSR count). The lowest BCUT2D eigenvalue weighted by Gasteiger charge is -2.29. The number of halogens is 1. The Balaban J connectivity index is 0.00000324. The third-order valence-electron chi connectivity index (χ3n) is 2.96. The molecular formula is C15H27ClN2O. The molecule has 19 heavy (non-hydrogen) atoms. The molecule has 0 heterocycles. The summed E-state index contributed by atoms with van der Waals surface area (Å²) >= 11 is 0. The van der Waals surface area contributed by atoms with Crippen LogP contribution in [0.3, 0.4) is 0 Å². The number of ether oxygens (including phenoxy) is 1. The van der Waals surface area contributed by atoms with Crippen LogP contribution in [0.15, 0.2) is 24.3 Å². The Kier molecular flexibility index (Phi) is 8.07. The molecule has 0 aliphatic rings. The SMILES string of the molecule is CCOc1ccccc1CN(C)CC(C)(C)CN.Cl. The smallest absolute Gasteiger partial charge is 0.123 e. The minimum Gasteiger partial charge on any atom is -0.494 e. The first-order valence-corrected chi connectivity index (χ1v) is 6.58. The highest BCUT2D eigenvalue weighted by Crippen LogP contribution is 2.21. The van der Waals surface area contributed by atoms with Gasteiger partial charge in [-0.15, -0.1) is 12.4 Å². The fourth-order valence-corrected chi connectivity index (χ4v) is 2.07. The van der Waals surface area contributed by atoms with Crippen LogP contribution in [0.25, 0.3) is 0 Å². The van der Waals surface area contributed by atoms with Gasteiger partial charge in [0.15, 0.2) is 0 Å². The molecule has 1 aromatic rings. The molecular weight excluding hydrogens is 260 g/mol. The zero-order chi connectivity index (χ0) is 13.6. The van der Waals surface area contributed by atoms with Gasteiger partial charge in [0.05, 0.1) is 6.61 Å². The largest absolute Gasteiger partial charge is 0.494 e. The Hall–Kier alpha value is -0.770. The van der Waals surface area contributed by atoms with Crippen molar-refractivity contribution in [2.75, 3.05) is 26.7 Å². The van der Waals surface area contributed by atoms with E-state index in [0.29, 0.717) is 13.2 Å². The predicted octanol–water partition coefficient (Wildman–Crippen LogP) is 2.92. The number of hydrogen-bond donors (Lipinski definition) is 1. The van der Waals surface area contributed by atoms with Gasteiger partial charge in [0.25, 0.3) is 0 Å². The molecule has 0 saturated carbocycles. The summed E-state index contributed by atoms with van der Waals surface area (Å²) in [5, 5.41) is 0. The summed E-state index contributed by atoms with van der Waals surface area (Å²) < 4.78 is 5.64. The van der Waals surface area contributed by atoms with Gasteiger partial charge in [0, 0.05) is 18.7 Å². The van der Waals surface area contributed by atoms with Crippen molar-refractivity contribution >= 4 is 12.4 Å². The molecule has 2 N–H and O–H groups in total. The van der Waals surface area contributed by atoms with E-state index in [-0.39, 0.29) is 17.8 Å². The van der Waals surface area contributed by atoms with E-state index >= 15 is 0 Å². The van der Waals surface area contributed by atoms with Crippen LogP contribution >= 0.6 is 12.4 Å². The Morgan fingerprint density at radius 3 is 2.47 bits per heavy atom. The highest BCUT2D eigenvalue weighted by atomic mass is 35.5. The monoisotopic (exact) mass is 286 g/mol. The lowest BCUT2D eigenvalue weighted by Crippen LogP contribution is -2.36. The number of nitrogens with two attached hydrogens (primary N) is 1. The summed E-state index contributed by atoms with van der Waals surface area (Å²) in [5.74, 6) is 0.984. The zero-order valence-corrected chi connectivity index (χ0v) is 13.3. The molecule has 1 aromatic carbocycles. The van der Waals surface area contributed by atoms with Crippen molar-refractivity contribution in [2.45, 2.75) is 27.3 Å². The van der Waals surface area contributed by atoms with Crippen molar-refractivity contribution < 1.29 is 4.74 Å². The Bertz CT molecular complexity index is 369. The van der Waals surface area contributed by atoms with Gasteiger partial charge < -0.3 is 15.4 Å². The van der Waals surface area contributed by atoms with E-state index in [2.05, 4.69) is 37.9 Å². The van der Waals surface area contributed by atoms with Crippen LogP contribution in [-0.4, -0.2) is 31.6 Å². The van der Waals surface area contributed by atoms with Gasteiger partial charge in [0.2, 0.25) is 0 Å². The van der Waals surface area contributed by atoms with Crippen LogP contribution in [0.4, 0.5) is 0 Å². The fourth-order valence-electron chi connectivity index (χ4n) is 2.07. The molecule has 0 bridgehead atoms. The van der Waals surface area contributed by atoms with Gasteiger partial charge in [-0.05, 0) is 32.0 Å². The third kappa shape index (κ3) is 6.28. The quantitative estimate of drug-likeness (QED) is 0.838. The van der Waals surface area contributed by atoms with Gasteiger partial charge >= 0.3 is 0 Å². The highest BCUT2D eigenvalue weighted by molar-refractivity contribution is 5.85. The molecule has 0 atom stereocenters. The van der Waals surface area contributed by atoms with E-state index in [1.165, 1.54) is 5.56 Å². The number of nitrogens with zero attached hydrogens (tertiary/aromatic N) is 1. The number of benzene rings is 1. The van der Waals surface area contributed by atoms with E-state index in [4.69, 9.17) is 10.5 Å². The lowest BCUT2D eigenvalue weighted by molar-refractivity contribution is 0.207. The number of para-hydroxylation sites is 1. The van der Waals surface area contributed by atoms with Crippen molar-refractivity contribution in [3.63, 3.8) is 0 Å². The molecule has 0 aromatic heterocycles. The second kappa shape index (κ2) is 8.41. The molecule has 0 amide bonds. The maximum atomic E-state index is 5.77. The zero-order valence-electron chi connectivity index (χ0n) is 12.5. The predicted molar refractivity (Wildman–Crippen MR) is 84.0 cm³/mol. The third-order valence-corrected chi connectivity index (χ3v) is 2.96. The van der Waals surface area contributed by atoms with Crippen molar-refractivity contribution in [3.05, 3.63) is 29.8 Å². The molecule has 0 fully saturated rings. The van der Waals surface area contributed by atoms with Gasteiger partial charge in [-0.2, -0.15) is 0 Å². The summed E-state index contributed by atoms with van der Waals surface area (Å²) in [6, 6.07) is 8.22. The molecule has 0 unspecified atom stereocenters. The first-order chi connectivity index (χ1) is 8.48. The average Bonchev–Trinajstić information content (AvgIpc) is 2.31. The van der Waals surface area contributed by atoms with Crippen LogP contribution in [-0.2, 0) is 6.54 Å². The Morgan fingerprint density at radius 1 is 1.26 bits per heavy atom. The van der Waals surface area contributed by atoms with Gasteiger partial charge in [0.1, 0.15) is 5.75 Å². The lowest BCUT2D eigenvalue weighted by atomic mass is 9.93.